The maximum Gasteiger partial charge on any atom is 0.303 e. The number of aryl methyl sites for hydroxylation is 1. The fourth-order valence-corrected chi connectivity index (χ4v) is 1.52. The Kier molecular flexibility index (Phi) is 3.27. The number of carboxylic acids is 1. The SMILES string of the molecule is Cc1nc2ccc(OCCCC(=O)O)cc2o1. The van der Waals surface area contributed by atoms with Crippen LogP contribution in [-0.2, 0) is 4.79 Å². The number of oxazole rings is 1. The van der Waals surface area contributed by atoms with Crippen LogP contribution in [0.25, 0.3) is 11.1 Å². The fourth-order valence-electron chi connectivity index (χ4n) is 1.52. The van der Waals surface area contributed by atoms with E-state index in [0.717, 1.165) is 5.52 Å². The minimum atomic E-state index is -0.810. The molecule has 1 aromatic carbocycles. The van der Waals surface area contributed by atoms with E-state index in [2.05, 4.69) is 4.98 Å². The van der Waals surface area contributed by atoms with Gasteiger partial charge < -0.3 is 14.3 Å². The normalized spacial score (nSPS) is 10.6. The molecule has 1 heterocycles. The molecular formula is C12H13NO4. The van der Waals surface area contributed by atoms with Gasteiger partial charge in [-0.25, -0.2) is 4.98 Å². The van der Waals surface area contributed by atoms with E-state index in [4.69, 9.17) is 14.3 Å². The van der Waals surface area contributed by atoms with Gasteiger partial charge in [-0.05, 0) is 18.6 Å². The van der Waals surface area contributed by atoms with Crippen LogP contribution < -0.4 is 4.74 Å². The van der Waals surface area contributed by atoms with Crippen LogP contribution in [0.15, 0.2) is 22.6 Å². The van der Waals surface area contributed by atoms with Crippen molar-refractivity contribution in [2.75, 3.05) is 6.61 Å². The molecule has 0 amide bonds. The molecule has 0 saturated heterocycles. The molecule has 0 radical (unpaired) electrons. The maximum absolute atomic E-state index is 10.3. The molecule has 2 rings (SSSR count). The number of aromatic nitrogens is 1. The van der Waals surface area contributed by atoms with E-state index < -0.39 is 5.97 Å². The molecule has 0 saturated carbocycles. The first-order valence-electron chi connectivity index (χ1n) is 5.37. The third-order valence-corrected chi connectivity index (χ3v) is 2.27. The van der Waals surface area contributed by atoms with Gasteiger partial charge in [0.2, 0.25) is 0 Å². The lowest BCUT2D eigenvalue weighted by atomic mass is 10.3. The van der Waals surface area contributed by atoms with Crippen molar-refractivity contribution in [1.82, 2.24) is 4.98 Å². The summed E-state index contributed by atoms with van der Waals surface area (Å²) in [7, 11) is 0. The van der Waals surface area contributed by atoms with Gasteiger partial charge in [-0.15, -0.1) is 0 Å². The van der Waals surface area contributed by atoms with Crippen LogP contribution in [0.5, 0.6) is 5.75 Å². The van der Waals surface area contributed by atoms with Gasteiger partial charge in [0.05, 0.1) is 6.61 Å². The van der Waals surface area contributed by atoms with Gasteiger partial charge in [0.1, 0.15) is 11.3 Å². The van der Waals surface area contributed by atoms with Gasteiger partial charge in [0, 0.05) is 19.4 Å². The number of fused-ring (bicyclic) bond motifs is 1. The van der Waals surface area contributed by atoms with Crippen molar-refractivity contribution in [2.45, 2.75) is 19.8 Å². The van der Waals surface area contributed by atoms with E-state index in [9.17, 15) is 4.79 Å². The van der Waals surface area contributed by atoms with Crippen molar-refractivity contribution in [1.29, 1.82) is 0 Å². The highest BCUT2D eigenvalue weighted by Gasteiger charge is 2.04. The van der Waals surface area contributed by atoms with Crippen LogP contribution in [0.4, 0.5) is 0 Å². The number of hydrogen-bond acceptors (Lipinski definition) is 4. The zero-order valence-electron chi connectivity index (χ0n) is 9.47. The number of benzene rings is 1. The summed E-state index contributed by atoms with van der Waals surface area (Å²) in [6.45, 7) is 2.16. The Morgan fingerprint density at radius 2 is 2.35 bits per heavy atom. The second-order valence-electron chi connectivity index (χ2n) is 3.71. The number of carbonyl (C=O) groups is 1. The molecule has 0 aliphatic carbocycles. The molecule has 0 atom stereocenters. The van der Waals surface area contributed by atoms with Gasteiger partial charge in [0.15, 0.2) is 11.5 Å². The summed E-state index contributed by atoms with van der Waals surface area (Å²) in [6, 6.07) is 5.37. The molecule has 0 bridgehead atoms. The Hall–Kier alpha value is -2.04. The molecule has 17 heavy (non-hydrogen) atoms. The first-order chi connectivity index (χ1) is 8.15. The lowest BCUT2D eigenvalue weighted by molar-refractivity contribution is -0.137. The highest BCUT2D eigenvalue weighted by molar-refractivity contribution is 5.74. The summed E-state index contributed by atoms with van der Waals surface area (Å²) in [5.74, 6) is 0.469. The molecule has 2 aromatic rings. The van der Waals surface area contributed by atoms with Crippen LogP contribution in [0, 0.1) is 6.92 Å². The van der Waals surface area contributed by atoms with Crippen LogP contribution in [0.2, 0.25) is 0 Å². The highest BCUT2D eigenvalue weighted by atomic mass is 16.5. The van der Waals surface area contributed by atoms with E-state index in [1.54, 1.807) is 19.1 Å². The molecule has 1 aromatic heterocycles. The van der Waals surface area contributed by atoms with Gasteiger partial charge in [-0.1, -0.05) is 0 Å². The first kappa shape index (κ1) is 11.4. The second-order valence-corrected chi connectivity index (χ2v) is 3.71. The lowest BCUT2D eigenvalue weighted by Crippen LogP contribution is -2.01. The predicted molar refractivity (Wildman–Crippen MR) is 61.1 cm³/mol. The molecule has 5 heteroatoms. The van der Waals surface area contributed by atoms with Crippen LogP contribution in [0.3, 0.4) is 0 Å². The molecular weight excluding hydrogens is 222 g/mol. The minimum absolute atomic E-state index is 0.115. The second kappa shape index (κ2) is 4.86. The molecule has 1 N–H and O–H groups in total. The highest BCUT2D eigenvalue weighted by Crippen LogP contribution is 2.21. The number of nitrogens with zero attached hydrogens (tertiary/aromatic N) is 1. The van der Waals surface area contributed by atoms with Gasteiger partial charge in [0.25, 0.3) is 0 Å². The van der Waals surface area contributed by atoms with E-state index >= 15 is 0 Å². The third-order valence-electron chi connectivity index (χ3n) is 2.27. The minimum Gasteiger partial charge on any atom is -0.493 e. The quantitative estimate of drug-likeness (QED) is 0.805. The number of hydrogen-bond donors (Lipinski definition) is 1. The monoisotopic (exact) mass is 235 g/mol. The van der Waals surface area contributed by atoms with E-state index in [0.29, 0.717) is 30.3 Å². The zero-order valence-corrected chi connectivity index (χ0v) is 9.47. The average molecular weight is 235 g/mol. The molecule has 0 aliphatic rings. The van der Waals surface area contributed by atoms with Crippen molar-refractivity contribution in [3.8, 4) is 5.75 Å². The summed E-state index contributed by atoms with van der Waals surface area (Å²) in [5.41, 5.74) is 1.47. The Morgan fingerprint density at radius 3 is 3.12 bits per heavy atom. The summed E-state index contributed by atoms with van der Waals surface area (Å²) in [4.78, 5) is 14.5. The van der Waals surface area contributed by atoms with E-state index in [1.165, 1.54) is 0 Å². The predicted octanol–water partition coefficient (Wildman–Crippen LogP) is 2.38. The largest absolute Gasteiger partial charge is 0.493 e. The Labute approximate surface area is 98.0 Å². The standard InChI is InChI=1S/C12H13NO4/c1-8-13-10-5-4-9(7-11(10)17-8)16-6-2-3-12(14)15/h4-5,7H,2-3,6H2,1H3,(H,14,15). The summed E-state index contributed by atoms with van der Waals surface area (Å²) in [6.07, 6.45) is 0.604. The number of rotatable bonds is 5. The number of aliphatic carboxylic acids is 1. The van der Waals surface area contributed by atoms with Gasteiger partial charge in [-0.2, -0.15) is 0 Å². The Bertz CT molecular complexity index is 532. The van der Waals surface area contributed by atoms with Gasteiger partial charge >= 0.3 is 5.97 Å². The molecule has 0 spiro atoms. The summed E-state index contributed by atoms with van der Waals surface area (Å²) < 4.78 is 10.8. The number of ether oxygens (including phenoxy) is 1. The van der Waals surface area contributed by atoms with Crippen molar-refractivity contribution in [3.63, 3.8) is 0 Å². The Morgan fingerprint density at radius 1 is 1.53 bits per heavy atom. The van der Waals surface area contributed by atoms with E-state index in [1.807, 2.05) is 6.07 Å². The van der Waals surface area contributed by atoms with Crippen molar-refractivity contribution >= 4 is 17.1 Å². The molecule has 90 valence electrons. The smallest absolute Gasteiger partial charge is 0.303 e. The Balaban J connectivity index is 1.96. The van der Waals surface area contributed by atoms with Gasteiger partial charge in [-0.3, -0.25) is 4.79 Å². The van der Waals surface area contributed by atoms with Crippen molar-refractivity contribution in [3.05, 3.63) is 24.1 Å². The van der Waals surface area contributed by atoms with Crippen LogP contribution in [-0.4, -0.2) is 22.7 Å². The molecule has 0 fully saturated rings. The summed E-state index contributed by atoms with van der Waals surface area (Å²) in [5, 5.41) is 8.48. The molecule has 0 unspecified atom stereocenters. The van der Waals surface area contributed by atoms with Crippen LogP contribution >= 0.6 is 0 Å². The summed E-state index contributed by atoms with van der Waals surface area (Å²) >= 11 is 0. The fraction of sp³-hybridized carbons (Fsp3) is 0.333. The van der Waals surface area contributed by atoms with Crippen LogP contribution in [0.1, 0.15) is 18.7 Å². The lowest BCUT2D eigenvalue weighted by Gasteiger charge is -2.04. The first-order valence-corrected chi connectivity index (χ1v) is 5.37. The van der Waals surface area contributed by atoms with E-state index in [-0.39, 0.29) is 6.42 Å². The molecule has 0 aliphatic heterocycles. The zero-order chi connectivity index (χ0) is 12.3. The van der Waals surface area contributed by atoms with Crippen molar-refractivity contribution < 1.29 is 19.1 Å². The molecule has 5 nitrogen and oxygen atoms in total. The third kappa shape index (κ3) is 2.96. The van der Waals surface area contributed by atoms with Crippen molar-refractivity contribution in [2.24, 2.45) is 0 Å². The number of carboxylic acid groups (broad SMARTS) is 1. The maximum atomic E-state index is 10.3. The average Bonchev–Trinajstić information content (AvgIpc) is 2.63. The topological polar surface area (TPSA) is 72.6 Å².